The number of nitrogens with zero attached hydrogens (tertiary/aromatic N) is 6. The van der Waals surface area contributed by atoms with Gasteiger partial charge in [0, 0.05) is 25.9 Å². The number of nitrogens with one attached hydrogen (secondary N) is 1. The molecule has 10 nitrogen and oxygen atoms in total. The number of carbonyl (C=O) groups is 2. The molecule has 2 aromatic heterocycles. The van der Waals surface area contributed by atoms with Crippen LogP contribution in [0, 0.1) is 5.82 Å². The molecular formula is C19H20FN7O3S. The second-order valence-electron chi connectivity index (χ2n) is 6.97. The highest BCUT2D eigenvalue weighted by Gasteiger charge is 2.32. The van der Waals surface area contributed by atoms with Crippen molar-refractivity contribution in [3.05, 3.63) is 48.6 Å². The van der Waals surface area contributed by atoms with Gasteiger partial charge in [0.1, 0.15) is 18.2 Å². The van der Waals surface area contributed by atoms with Crippen LogP contribution in [0.2, 0.25) is 0 Å². The largest absolute Gasteiger partial charge is 0.442 e. The highest BCUT2D eigenvalue weighted by molar-refractivity contribution is 7.98. The number of hydrogen-bond acceptors (Lipinski definition) is 7. The number of ether oxygens (including phenoxy) is 1. The molecule has 0 bridgehead atoms. The van der Waals surface area contributed by atoms with Crippen molar-refractivity contribution >= 4 is 29.4 Å². The topological polar surface area (TPSA) is 107 Å². The molecule has 1 N–H and O–H groups in total. The zero-order chi connectivity index (χ0) is 22.0. The molecule has 162 valence electrons. The van der Waals surface area contributed by atoms with Crippen LogP contribution in [-0.4, -0.2) is 55.5 Å². The maximum atomic E-state index is 14.8. The summed E-state index contributed by atoms with van der Waals surface area (Å²) in [4.78, 5) is 28.8. The number of cyclic esters (lactones) is 1. The van der Waals surface area contributed by atoms with Crippen LogP contribution in [0.1, 0.15) is 12.6 Å². The Hall–Kier alpha value is -3.41. The first-order valence-corrected chi connectivity index (χ1v) is 10.4. The monoisotopic (exact) mass is 445 g/mol. The fourth-order valence-electron chi connectivity index (χ4n) is 3.08. The van der Waals surface area contributed by atoms with Gasteiger partial charge in [0.15, 0.2) is 5.16 Å². The predicted octanol–water partition coefficient (Wildman–Crippen LogP) is 1.89. The van der Waals surface area contributed by atoms with Crippen LogP contribution < -0.4 is 10.2 Å². The van der Waals surface area contributed by atoms with Gasteiger partial charge >= 0.3 is 6.09 Å². The van der Waals surface area contributed by atoms with Crippen LogP contribution in [0.4, 0.5) is 14.9 Å². The van der Waals surface area contributed by atoms with E-state index >= 15 is 0 Å². The first-order valence-electron chi connectivity index (χ1n) is 9.43. The molecule has 4 rings (SSSR count). The van der Waals surface area contributed by atoms with Gasteiger partial charge in [-0.25, -0.2) is 14.2 Å². The van der Waals surface area contributed by atoms with E-state index in [4.69, 9.17) is 4.74 Å². The molecule has 12 heteroatoms. The van der Waals surface area contributed by atoms with Gasteiger partial charge in [-0.05, 0) is 18.2 Å². The van der Waals surface area contributed by atoms with Gasteiger partial charge < -0.3 is 19.2 Å². The molecule has 0 radical (unpaired) electrons. The van der Waals surface area contributed by atoms with E-state index in [0.717, 1.165) is 10.9 Å². The number of imidazole rings is 1. The van der Waals surface area contributed by atoms with Crippen LogP contribution >= 0.6 is 11.8 Å². The fourth-order valence-corrected chi connectivity index (χ4v) is 3.86. The lowest BCUT2D eigenvalue weighted by molar-refractivity contribution is -0.119. The van der Waals surface area contributed by atoms with E-state index in [-0.39, 0.29) is 19.0 Å². The Labute approximate surface area is 181 Å². The van der Waals surface area contributed by atoms with Gasteiger partial charge in [0.25, 0.3) is 0 Å². The van der Waals surface area contributed by atoms with Crippen molar-refractivity contribution in [3.63, 3.8) is 0 Å². The zero-order valence-corrected chi connectivity index (χ0v) is 17.7. The molecule has 1 fully saturated rings. The first kappa shape index (κ1) is 20.8. The van der Waals surface area contributed by atoms with Crippen molar-refractivity contribution in [2.75, 3.05) is 18.0 Å². The predicted molar refractivity (Wildman–Crippen MR) is 110 cm³/mol. The molecule has 0 spiro atoms. The maximum absolute atomic E-state index is 14.8. The van der Waals surface area contributed by atoms with E-state index in [1.807, 2.05) is 11.6 Å². The number of rotatable bonds is 7. The Kier molecular flexibility index (Phi) is 5.89. The van der Waals surface area contributed by atoms with Gasteiger partial charge in [0.05, 0.1) is 36.5 Å². The van der Waals surface area contributed by atoms with Gasteiger partial charge in [-0.2, -0.15) is 0 Å². The van der Waals surface area contributed by atoms with Crippen molar-refractivity contribution in [1.29, 1.82) is 0 Å². The normalized spacial score (nSPS) is 15.9. The van der Waals surface area contributed by atoms with Crippen molar-refractivity contribution in [3.8, 4) is 5.69 Å². The van der Waals surface area contributed by atoms with E-state index in [2.05, 4.69) is 20.5 Å². The summed E-state index contributed by atoms with van der Waals surface area (Å²) >= 11 is 1.48. The lowest BCUT2D eigenvalue weighted by Crippen LogP contribution is -2.33. The standard InChI is InChI=1S/C19H20FN7O3S/c1-12(28)21-6-15-8-27(19(29)30-15)14-3-4-17(16(20)5-14)26-7-13(22-10-26)9-31-18-24-23-11-25(18)2/h3-5,7,10-11,15H,6,8-9H2,1-2H3,(H,21,28)/t15-/m0/s1. The Morgan fingerprint density at radius 3 is 2.94 bits per heavy atom. The number of anilines is 1. The second-order valence-corrected chi connectivity index (χ2v) is 7.92. The van der Waals surface area contributed by atoms with E-state index < -0.39 is 18.0 Å². The highest BCUT2D eigenvalue weighted by Crippen LogP contribution is 2.26. The SMILES string of the molecule is CC(=O)NC[C@H]1CN(c2ccc(-n3cnc(CSc4nncn4C)c3)c(F)c2)C(=O)O1. The summed E-state index contributed by atoms with van der Waals surface area (Å²) in [5, 5.41) is 11.2. The van der Waals surface area contributed by atoms with Crippen molar-refractivity contribution in [1.82, 2.24) is 29.6 Å². The minimum Gasteiger partial charge on any atom is -0.442 e. The molecule has 3 aromatic rings. The third kappa shape index (κ3) is 4.68. The number of hydrogen-bond donors (Lipinski definition) is 1. The van der Waals surface area contributed by atoms with Gasteiger partial charge in [0.2, 0.25) is 5.91 Å². The van der Waals surface area contributed by atoms with Gasteiger partial charge in [-0.3, -0.25) is 9.69 Å². The fraction of sp³-hybridized carbons (Fsp3) is 0.316. The summed E-state index contributed by atoms with van der Waals surface area (Å²) in [5.41, 5.74) is 1.46. The molecule has 1 aliphatic heterocycles. The molecule has 31 heavy (non-hydrogen) atoms. The number of thioether (sulfide) groups is 1. The number of halogens is 1. The molecule has 1 aromatic carbocycles. The number of amides is 2. The van der Waals surface area contributed by atoms with Crippen LogP contribution in [0.3, 0.4) is 0 Å². The van der Waals surface area contributed by atoms with Crippen LogP contribution in [0.15, 0.2) is 42.2 Å². The van der Waals surface area contributed by atoms with E-state index in [9.17, 15) is 14.0 Å². The van der Waals surface area contributed by atoms with E-state index in [1.165, 1.54) is 36.0 Å². The summed E-state index contributed by atoms with van der Waals surface area (Å²) in [5.74, 6) is -0.144. The minimum atomic E-state index is -0.576. The lowest BCUT2D eigenvalue weighted by Gasteiger charge is -2.14. The number of aryl methyl sites for hydroxylation is 1. The molecule has 1 aliphatic rings. The average molecular weight is 445 g/mol. The summed E-state index contributed by atoms with van der Waals surface area (Å²) in [7, 11) is 1.86. The second kappa shape index (κ2) is 8.76. The van der Waals surface area contributed by atoms with E-state index in [1.54, 1.807) is 29.2 Å². The van der Waals surface area contributed by atoms with Crippen LogP contribution in [0.25, 0.3) is 5.69 Å². The quantitative estimate of drug-likeness (QED) is 0.554. The number of carbonyl (C=O) groups excluding carboxylic acids is 2. The summed E-state index contributed by atoms with van der Waals surface area (Å²) in [6.45, 7) is 1.83. The van der Waals surface area contributed by atoms with Gasteiger partial charge in [-0.1, -0.05) is 11.8 Å². The molecule has 0 aliphatic carbocycles. The lowest BCUT2D eigenvalue weighted by atomic mass is 10.2. The number of aromatic nitrogens is 5. The van der Waals surface area contributed by atoms with Crippen LogP contribution in [0.5, 0.6) is 0 Å². The Morgan fingerprint density at radius 2 is 2.23 bits per heavy atom. The molecule has 2 amide bonds. The van der Waals surface area contributed by atoms with Gasteiger partial charge in [-0.15, -0.1) is 10.2 Å². The van der Waals surface area contributed by atoms with E-state index in [0.29, 0.717) is 17.1 Å². The Morgan fingerprint density at radius 1 is 1.39 bits per heavy atom. The molecule has 1 atom stereocenters. The van der Waals surface area contributed by atoms with Crippen molar-refractivity contribution in [2.24, 2.45) is 7.05 Å². The summed E-state index contributed by atoms with van der Waals surface area (Å²) in [6, 6.07) is 4.51. The smallest absolute Gasteiger partial charge is 0.414 e. The summed E-state index contributed by atoms with van der Waals surface area (Å²) in [6.07, 6.45) is 3.85. The Balaban J connectivity index is 1.43. The third-order valence-corrected chi connectivity index (χ3v) is 5.70. The Bertz CT molecular complexity index is 1120. The third-order valence-electron chi connectivity index (χ3n) is 4.63. The first-order chi connectivity index (χ1) is 14.9. The van der Waals surface area contributed by atoms with Crippen molar-refractivity contribution in [2.45, 2.75) is 23.9 Å². The van der Waals surface area contributed by atoms with Crippen molar-refractivity contribution < 1.29 is 18.7 Å². The molecule has 1 saturated heterocycles. The number of benzene rings is 1. The molecular weight excluding hydrogens is 425 g/mol. The molecule has 0 saturated carbocycles. The minimum absolute atomic E-state index is 0.209. The average Bonchev–Trinajstić information content (AvgIpc) is 3.45. The zero-order valence-electron chi connectivity index (χ0n) is 16.9. The summed E-state index contributed by atoms with van der Waals surface area (Å²) < 4.78 is 23.5. The molecule has 3 heterocycles. The molecule has 0 unspecified atom stereocenters. The van der Waals surface area contributed by atoms with Crippen LogP contribution in [-0.2, 0) is 22.3 Å². The maximum Gasteiger partial charge on any atom is 0.414 e. The highest BCUT2D eigenvalue weighted by atomic mass is 32.2.